The smallest absolute Gasteiger partial charge is 0.137 e. The van der Waals surface area contributed by atoms with Gasteiger partial charge in [-0.1, -0.05) is 0 Å². The van der Waals surface area contributed by atoms with Gasteiger partial charge < -0.3 is 10.5 Å². The van der Waals surface area contributed by atoms with Gasteiger partial charge in [0.05, 0.1) is 12.2 Å². The Bertz CT molecular complexity index is 529. The minimum atomic E-state index is 0.482. The number of hydrogen-bond acceptors (Lipinski definition) is 4. The number of anilines is 1. The largest absolute Gasteiger partial charge is 0.492 e. The summed E-state index contributed by atoms with van der Waals surface area (Å²) in [6.07, 6.45) is 0.846. The highest BCUT2D eigenvalue weighted by Crippen LogP contribution is 2.20. The van der Waals surface area contributed by atoms with Gasteiger partial charge in [0, 0.05) is 12.1 Å². The zero-order valence-electron chi connectivity index (χ0n) is 9.22. The summed E-state index contributed by atoms with van der Waals surface area (Å²) in [6, 6.07) is 9.25. The number of ether oxygens (including phenoxy) is 1. The molecule has 0 radical (unpaired) electrons. The summed E-state index contributed by atoms with van der Waals surface area (Å²) in [6.45, 7) is 0.565. The lowest BCUT2D eigenvalue weighted by Gasteiger charge is -2.07. The Balaban J connectivity index is 1.97. The van der Waals surface area contributed by atoms with Crippen molar-refractivity contribution in [2.24, 2.45) is 0 Å². The van der Waals surface area contributed by atoms with Crippen LogP contribution >= 0.6 is 11.3 Å². The molecule has 86 valence electrons. The lowest BCUT2D eigenvalue weighted by molar-refractivity contribution is 0.321. The van der Waals surface area contributed by atoms with Crippen molar-refractivity contribution in [1.82, 2.24) is 0 Å². The molecular formula is C13H12N2OS. The molecule has 4 heteroatoms. The van der Waals surface area contributed by atoms with E-state index >= 15 is 0 Å². The second kappa shape index (κ2) is 5.37. The van der Waals surface area contributed by atoms with E-state index in [4.69, 9.17) is 15.7 Å². The summed E-state index contributed by atoms with van der Waals surface area (Å²) in [7, 11) is 0. The van der Waals surface area contributed by atoms with Crippen LogP contribution < -0.4 is 10.5 Å². The Hall–Kier alpha value is -1.99. The summed E-state index contributed by atoms with van der Waals surface area (Å²) in [5.41, 5.74) is 7.91. The number of thiophene rings is 1. The number of nitrogens with two attached hydrogens (primary N) is 1. The van der Waals surface area contributed by atoms with Gasteiger partial charge in [-0.3, -0.25) is 0 Å². The molecule has 0 bridgehead atoms. The number of hydrogen-bond donors (Lipinski definition) is 1. The van der Waals surface area contributed by atoms with Crippen LogP contribution in [0.25, 0.3) is 0 Å². The van der Waals surface area contributed by atoms with Crippen molar-refractivity contribution < 1.29 is 4.74 Å². The van der Waals surface area contributed by atoms with Crippen LogP contribution in [0.15, 0.2) is 35.0 Å². The minimum Gasteiger partial charge on any atom is -0.492 e. The molecule has 0 atom stereocenters. The maximum atomic E-state index is 8.94. The summed E-state index contributed by atoms with van der Waals surface area (Å²) in [4.78, 5) is 0. The fraction of sp³-hybridized carbons (Fsp3) is 0.154. The molecule has 1 aromatic heterocycles. The molecule has 2 aromatic rings. The van der Waals surface area contributed by atoms with Crippen molar-refractivity contribution in [3.05, 3.63) is 46.2 Å². The standard InChI is InChI=1S/C13H12N2OS/c14-8-11-7-12(15)1-2-13(11)16-5-3-10-4-6-17-9-10/h1-2,4,6-7,9H,3,5,15H2. The van der Waals surface area contributed by atoms with Gasteiger partial charge >= 0.3 is 0 Å². The first-order valence-electron chi connectivity index (χ1n) is 5.23. The number of nitriles is 1. The van der Waals surface area contributed by atoms with E-state index in [0.717, 1.165) is 6.42 Å². The van der Waals surface area contributed by atoms with E-state index in [1.54, 1.807) is 29.5 Å². The van der Waals surface area contributed by atoms with Crippen LogP contribution in [0.1, 0.15) is 11.1 Å². The molecule has 17 heavy (non-hydrogen) atoms. The minimum absolute atomic E-state index is 0.482. The molecule has 0 amide bonds. The van der Waals surface area contributed by atoms with Gasteiger partial charge in [-0.25, -0.2) is 0 Å². The quantitative estimate of drug-likeness (QED) is 0.841. The first kappa shape index (κ1) is 11.5. The Labute approximate surface area is 104 Å². The Morgan fingerprint density at radius 1 is 1.35 bits per heavy atom. The van der Waals surface area contributed by atoms with E-state index in [1.165, 1.54) is 5.56 Å². The molecule has 3 nitrogen and oxygen atoms in total. The summed E-state index contributed by atoms with van der Waals surface area (Å²) < 4.78 is 5.58. The third kappa shape index (κ3) is 2.99. The zero-order valence-corrected chi connectivity index (χ0v) is 10.0. The lowest BCUT2D eigenvalue weighted by atomic mass is 10.2. The molecule has 0 spiro atoms. The molecule has 2 rings (SSSR count). The molecular weight excluding hydrogens is 232 g/mol. The van der Waals surface area contributed by atoms with Crippen molar-refractivity contribution in [3.63, 3.8) is 0 Å². The van der Waals surface area contributed by atoms with Gasteiger partial charge in [-0.15, -0.1) is 0 Å². The maximum Gasteiger partial charge on any atom is 0.137 e. The highest BCUT2D eigenvalue weighted by molar-refractivity contribution is 7.07. The van der Waals surface area contributed by atoms with E-state index in [0.29, 0.717) is 23.6 Å². The number of nitrogens with zero attached hydrogens (tertiary/aromatic N) is 1. The predicted octanol–water partition coefficient (Wildman–Crippen LogP) is 2.82. The maximum absolute atomic E-state index is 8.94. The summed E-state index contributed by atoms with van der Waals surface area (Å²) in [5.74, 6) is 0.594. The number of rotatable bonds is 4. The van der Waals surface area contributed by atoms with Crippen LogP contribution in [0.5, 0.6) is 5.75 Å². The molecule has 0 fully saturated rings. The van der Waals surface area contributed by atoms with E-state index in [9.17, 15) is 0 Å². The van der Waals surface area contributed by atoms with Crippen molar-refractivity contribution in [3.8, 4) is 11.8 Å². The van der Waals surface area contributed by atoms with Gasteiger partial charge in [-0.2, -0.15) is 16.6 Å². The van der Waals surface area contributed by atoms with Crippen molar-refractivity contribution in [1.29, 1.82) is 5.26 Å². The van der Waals surface area contributed by atoms with E-state index < -0.39 is 0 Å². The highest BCUT2D eigenvalue weighted by Gasteiger charge is 2.03. The van der Waals surface area contributed by atoms with Crippen molar-refractivity contribution >= 4 is 17.0 Å². The van der Waals surface area contributed by atoms with Gasteiger partial charge in [-0.05, 0) is 40.6 Å². The first-order chi connectivity index (χ1) is 8.29. The van der Waals surface area contributed by atoms with Crippen LogP contribution in [-0.2, 0) is 6.42 Å². The molecule has 0 saturated carbocycles. The first-order valence-corrected chi connectivity index (χ1v) is 6.17. The van der Waals surface area contributed by atoms with Gasteiger partial charge in [0.15, 0.2) is 0 Å². The van der Waals surface area contributed by atoms with E-state index in [2.05, 4.69) is 17.5 Å². The lowest BCUT2D eigenvalue weighted by Crippen LogP contribution is -2.02. The molecule has 0 saturated heterocycles. The average molecular weight is 244 g/mol. The van der Waals surface area contributed by atoms with Crippen LogP contribution in [0.2, 0.25) is 0 Å². The van der Waals surface area contributed by atoms with Crippen LogP contribution in [0.4, 0.5) is 5.69 Å². The topological polar surface area (TPSA) is 59.0 Å². The second-order valence-corrected chi connectivity index (χ2v) is 4.38. The summed E-state index contributed by atoms with van der Waals surface area (Å²) in [5, 5.41) is 13.1. The van der Waals surface area contributed by atoms with Crippen molar-refractivity contribution in [2.45, 2.75) is 6.42 Å². The number of nitrogen functional groups attached to an aromatic ring is 1. The monoisotopic (exact) mass is 244 g/mol. The Morgan fingerprint density at radius 3 is 2.94 bits per heavy atom. The van der Waals surface area contributed by atoms with Gasteiger partial charge in [0.1, 0.15) is 11.8 Å². The molecule has 1 heterocycles. The normalized spacial score (nSPS) is 9.82. The van der Waals surface area contributed by atoms with Crippen LogP contribution in [0.3, 0.4) is 0 Å². The predicted molar refractivity (Wildman–Crippen MR) is 69.1 cm³/mol. The van der Waals surface area contributed by atoms with Crippen LogP contribution in [-0.4, -0.2) is 6.61 Å². The van der Waals surface area contributed by atoms with Gasteiger partial charge in [0.2, 0.25) is 0 Å². The molecule has 0 aliphatic heterocycles. The van der Waals surface area contributed by atoms with E-state index in [-0.39, 0.29) is 0 Å². The fourth-order valence-corrected chi connectivity index (χ4v) is 2.18. The Kier molecular flexibility index (Phi) is 3.63. The third-order valence-electron chi connectivity index (χ3n) is 2.35. The second-order valence-electron chi connectivity index (χ2n) is 3.60. The van der Waals surface area contributed by atoms with Gasteiger partial charge in [0.25, 0.3) is 0 Å². The molecule has 0 unspecified atom stereocenters. The molecule has 0 aliphatic carbocycles. The summed E-state index contributed by atoms with van der Waals surface area (Å²) >= 11 is 1.67. The molecule has 1 aromatic carbocycles. The SMILES string of the molecule is N#Cc1cc(N)ccc1OCCc1ccsc1. The molecule has 0 aliphatic rings. The van der Waals surface area contributed by atoms with Crippen LogP contribution in [0, 0.1) is 11.3 Å². The number of benzene rings is 1. The third-order valence-corrected chi connectivity index (χ3v) is 3.08. The Morgan fingerprint density at radius 2 is 2.24 bits per heavy atom. The zero-order chi connectivity index (χ0) is 12.1. The average Bonchev–Trinajstić information content (AvgIpc) is 2.84. The van der Waals surface area contributed by atoms with Crippen molar-refractivity contribution in [2.75, 3.05) is 12.3 Å². The highest BCUT2D eigenvalue weighted by atomic mass is 32.1. The molecule has 2 N–H and O–H groups in total. The fourth-order valence-electron chi connectivity index (χ4n) is 1.47. The van der Waals surface area contributed by atoms with E-state index in [1.807, 2.05) is 5.38 Å².